The number of carbonyl (C=O) groups excluding carboxylic acids is 1. The highest BCUT2D eigenvalue weighted by molar-refractivity contribution is 5.95. The molecule has 172 valence electrons. The zero-order valence-electron chi connectivity index (χ0n) is 21.2. The predicted octanol–water partition coefficient (Wildman–Crippen LogP) is 6.86. The fourth-order valence-electron chi connectivity index (χ4n) is 4.29. The number of aromatic hydroxyl groups is 1. The molecule has 1 aromatic heterocycles. The summed E-state index contributed by atoms with van der Waals surface area (Å²) in [7, 11) is 0. The van der Waals surface area contributed by atoms with Crippen LogP contribution in [0.1, 0.15) is 108 Å². The number of aromatic nitrogens is 1. The molecule has 1 unspecified atom stereocenters. The molecule has 3 N–H and O–H groups in total. The van der Waals surface area contributed by atoms with Crippen molar-refractivity contribution in [3.63, 3.8) is 0 Å². The number of hydrogen-bond acceptors (Lipinski definition) is 2. The largest absolute Gasteiger partial charge is 0.507 e. The van der Waals surface area contributed by atoms with Gasteiger partial charge in [0.25, 0.3) is 5.91 Å². The van der Waals surface area contributed by atoms with Crippen LogP contribution in [0.15, 0.2) is 18.2 Å². The first-order valence-corrected chi connectivity index (χ1v) is 11.5. The first-order valence-electron chi connectivity index (χ1n) is 11.5. The Labute approximate surface area is 188 Å². The molecule has 0 radical (unpaired) electrons. The second kappa shape index (κ2) is 8.72. The molecule has 4 heteroatoms. The van der Waals surface area contributed by atoms with Crippen LogP contribution >= 0.6 is 0 Å². The fraction of sp³-hybridized carbons (Fsp3) is 0.593. The Balaban J connectivity index is 2.83. The molecular weight excluding hydrogens is 384 g/mol. The van der Waals surface area contributed by atoms with E-state index in [-0.39, 0.29) is 16.9 Å². The SMILES string of the molecule is Cc1c(C(N)=O)cc(-c2cc(C(C)(C)C)c(O)c(C(C)(C)C)c2)n1C(C)CCC(C)C. The Morgan fingerprint density at radius 3 is 1.84 bits per heavy atom. The number of benzene rings is 1. The van der Waals surface area contributed by atoms with E-state index in [1.807, 2.05) is 13.0 Å². The predicted molar refractivity (Wildman–Crippen MR) is 131 cm³/mol. The van der Waals surface area contributed by atoms with Gasteiger partial charge >= 0.3 is 0 Å². The minimum Gasteiger partial charge on any atom is -0.507 e. The lowest BCUT2D eigenvalue weighted by Crippen LogP contribution is -2.18. The van der Waals surface area contributed by atoms with Crippen molar-refractivity contribution >= 4 is 5.91 Å². The van der Waals surface area contributed by atoms with Crippen LogP contribution in [0.3, 0.4) is 0 Å². The minimum atomic E-state index is -0.403. The molecule has 2 rings (SSSR count). The molecule has 0 fully saturated rings. The highest BCUT2D eigenvalue weighted by Gasteiger charge is 2.28. The smallest absolute Gasteiger partial charge is 0.250 e. The Bertz CT molecular complexity index is 918. The zero-order chi connectivity index (χ0) is 23.9. The Kier molecular flexibility index (Phi) is 7.04. The summed E-state index contributed by atoms with van der Waals surface area (Å²) in [4.78, 5) is 12.2. The van der Waals surface area contributed by atoms with Crippen molar-refractivity contribution in [3.8, 4) is 17.0 Å². The summed E-state index contributed by atoms with van der Waals surface area (Å²) in [5.74, 6) is 0.576. The van der Waals surface area contributed by atoms with Gasteiger partial charge < -0.3 is 15.4 Å². The summed E-state index contributed by atoms with van der Waals surface area (Å²) in [6.45, 7) is 21.3. The van der Waals surface area contributed by atoms with Gasteiger partial charge in [-0.15, -0.1) is 0 Å². The molecule has 4 nitrogen and oxygen atoms in total. The highest BCUT2D eigenvalue weighted by Crippen LogP contribution is 2.43. The first-order chi connectivity index (χ1) is 14.1. The third kappa shape index (κ3) is 5.34. The average molecular weight is 427 g/mol. The van der Waals surface area contributed by atoms with E-state index in [1.165, 1.54) is 0 Å². The van der Waals surface area contributed by atoms with Gasteiger partial charge in [0.05, 0.1) is 5.56 Å². The molecule has 0 saturated carbocycles. The molecule has 0 bridgehead atoms. The minimum absolute atomic E-state index is 0.220. The van der Waals surface area contributed by atoms with Gasteiger partial charge in [-0.3, -0.25) is 4.79 Å². The summed E-state index contributed by atoms with van der Waals surface area (Å²) >= 11 is 0. The van der Waals surface area contributed by atoms with Gasteiger partial charge in [-0.2, -0.15) is 0 Å². The maximum Gasteiger partial charge on any atom is 0.250 e. The summed E-state index contributed by atoms with van der Waals surface area (Å²) in [5.41, 5.74) is 10.6. The zero-order valence-corrected chi connectivity index (χ0v) is 21.2. The van der Waals surface area contributed by atoms with E-state index in [2.05, 4.69) is 79.0 Å². The number of primary amides is 1. The maximum atomic E-state index is 12.2. The Morgan fingerprint density at radius 2 is 1.45 bits per heavy atom. The molecule has 1 heterocycles. The van der Waals surface area contributed by atoms with Crippen molar-refractivity contribution in [2.75, 3.05) is 0 Å². The lowest BCUT2D eigenvalue weighted by molar-refractivity contribution is 0.0999. The van der Waals surface area contributed by atoms with Gasteiger partial charge in [-0.25, -0.2) is 0 Å². The van der Waals surface area contributed by atoms with Crippen LogP contribution in [0.4, 0.5) is 0 Å². The van der Waals surface area contributed by atoms with Gasteiger partial charge in [0.2, 0.25) is 0 Å². The van der Waals surface area contributed by atoms with E-state index in [0.717, 1.165) is 40.9 Å². The van der Waals surface area contributed by atoms with E-state index >= 15 is 0 Å². The molecule has 1 amide bonds. The van der Waals surface area contributed by atoms with Crippen molar-refractivity contribution in [1.29, 1.82) is 0 Å². The number of phenolic OH excluding ortho intramolecular Hbond substituents is 1. The fourth-order valence-corrected chi connectivity index (χ4v) is 4.29. The van der Waals surface area contributed by atoms with Crippen molar-refractivity contribution < 1.29 is 9.90 Å². The van der Waals surface area contributed by atoms with Gasteiger partial charge in [-0.1, -0.05) is 55.4 Å². The quantitative estimate of drug-likeness (QED) is 0.530. The lowest BCUT2D eigenvalue weighted by Gasteiger charge is -2.29. The summed E-state index contributed by atoms with van der Waals surface area (Å²) < 4.78 is 2.26. The summed E-state index contributed by atoms with van der Waals surface area (Å²) in [6, 6.07) is 6.32. The van der Waals surface area contributed by atoms with Gasteiger partial charge in [0, 0.05) is 28.6 Å². The number of nitrogens with zero attached hydrogens (tertiary/aromatic N) is 1. The summed E-state index contributed by atoms with van der Waals surface area (Å²) in [6.07, 6.45) is 2.13. The van der Waals surface area contributed by atoms with Gasteiger partial charge in [-0.05, 0) is 67.2 Å². The van der Waals surface area contributed by atoms with Crippen LogP contribution < -0.4 is 5.73 Å². The maximum absolute atomic E-state index is 12.2. The second-order valence-electron chi connectivity index (χ2n) is 11.5. The Hall–Kier alpha value is -2.23. The number of rotatable bonds is 6. The second-order valence-corrected chi connectivity index (χ2v) is 11.5. The van der Waals surface area contributed by atoms with E-state index in [9.17, 15) is 9.90 Å². The van der Waals surface area contributed by atoms with Gasteiger partial charge in [0.15, 0.2) is 0 Å². The van der Waals surface area contributed by atoms with E-state index in [0.29, 0.717) is 17.2 Å². The number of hydrogen-bond donors (Lipinski definition) is 2. The average Bonchev–Trinajstić information content (AvgIpc) is 2.95. The third-order valence-electron chi connectivity index (χ3n) is 6.18. The topological polar surface area (TPSA) is 68.2 Å². The van der Waals surface area contributed by atoms with Crippen LogP contribution in [0.2, 0.25) is 0 Å². The lowest BCUT2D eigenvalue weighted by atomic mass is 9.78. The molecule has 1 aromatic carbocycles. The van der Waals surface area contributed by atoms with Crippen LogP contribution in [0, 0.1) is 12.8 Å². The van der Waals surface area contributed by atoms with Crippen LogP contribution in [-0.2, 0) is 10.8 Å². The van der Waals surface area contributed by atoms with E-state index in [1.54, 1.807) is 0 Å². The van der Waals surface area contributed by atoms with Crippen molar-refractivity contribution in [3.05, 3.63) is 40.6 Å². The number of amides is 1. The van der Waals surface area contributed by atoms with Crippen LogP contribution in [0.25, 0.3) is 11.3 Å². The van der Waals surface area contributed by atoms with Crippen LogP contribution in [-0.4, -0.2) is 15.6 Å². The molecule has 0 aliphatic carbocycles. The third-order valence-corrected chi connectivity index (χ3v) is 6.18. The molecule has 0 spiro atoms. The standard InChI is InChI=1S/C27H42N2O2/c1-16(2)11-12-17(3)29-18(4)20(25(28)31)15-23(29)19-13-21(26(5,6)7)24(30)22(14-19)27(8,9)10/h13-17,30H,11-12H2,1-10H3,(H2,28,31). The van der Waals surface area contributed by atoms with Crippen LogP contribution in [0.5, 0.6) is 5.75 Å². The number of phenols is 1. The molecule has 0 aliphatic rings. The Morgan fingerprint density at radius 1 is 0.968 bits per heavy atom. The monoisotopic (exact) mass is 426 g/mol. The highest BCUT2D eigenvalue weighted by atomic mass is 16.3. The first kappa shape index (κ1) is 25.0. The van der Waals surface area contributed by atoms with Gasteiger partial charge in [0.1, 0.15) is 5.75 Å². The summed E-state index contributed by atoms with van der Waals surface area (Å²) in [5, 5.41) is 11.1. The molecule has 31 heavy (non-hydrogen) atoms. The molecule has 2 aromatic rings. The number of carbonyl (C=O) groups is 1. The normalized spacial score (nSPS) is 13.6. The number of nitrogens with two attached hydrogens (primary N) is 1. The molecule has 0 aliphatic heterocycles. The molecular formula is C27H42N2O2. The van der Waals surface area contributed by atoms with Crippen molar-refractivity contribution in [1.82, 2.24) is 4.57 Å². The molecule has 1 atom stereocenters. The molecule has 0 saturated heterocycles. The van der Waals surface area contributed by atoms with E-state index < -0.39 is 5.91 Å². The van der Waals surface area contributed by atoms with E-state index in [4.69, 9.17) is 5.73 Å². The van der Waals surface area contributed by atoms with Crippen molar-refractivity contribution in [2.24, 2.45) is 11.7 Å². The van der Waals surface area contributed by atoms with Crippen molar-refractivity contribution in [2.45, 2.75) is 99.0 Å².